The predicted molar refractivity (Wildman–Crippen MR) is 192 cm³/mol. The molecule has 49 heavy (non-hydrogen) atoms. The molecular formula is C39H41F2N3O4S. The SMILES string of the molecule is CC(=O)OC(C)(C)Cc1cn(Cc2c(F)cccc2F)c2sc(-c3ccc(NC(=O)C(C)C)cc3)c(CN(C)Cc3ccccc3)c2c1=O. The molecule has 10 heteroatoms. The van der Waals surface area contributed by atoms with Crippen LogP contribution in [-0.2, 0) is 40.4 Å². The summed E-state index contributed by atoms with van der Waals surface area (Å²) in [5.41, 5.74) is 2.35. The van der Waals surface area contributed by atoms with Gasteiger partial charge in [0.1, 0.15) is 22.1 Å². The van der Waals surface area contributed by atoms with Gasteiger partial charge in [-0.2, -0.15) is 0 Å². The van der Waals surface area contributed by atoms with E-state index in [0.29, 0.717) is 34.6 Å². The number of carbonyl (C=O) groups is 2. The molecule has 0 unspecified atom stereocenters. The van der Waals surface area contributed by atoms with Gasteiger partial charge in [-0.15, -0.1) is 11.3 Å². The molecule has 0 aliphatic heterocycles. The number of hydrogen-bond donors (Lipinski definition) is 1. The Balaban J connectivity index is 1.72. The highest BCUT2D eigenvalue weighted by Crippen LogP contribution is 2.39. The summed E-state index contributed by atoms with van der Waals surface area (Å²) in [7, 11) is 1.98. The van der Waals surface area contributed by atoms with E-state index in [0.717, 1.165) is 21.6 Å². The summed E-state index contributed by atoms with van der Waals surface area (Å²) in [6.45, 7) is 9.28. The van der Waals surface area contributed by atoms with E-state index < -0.39 is 23.2 Å². The maximum atomic E-state index is 15.0. The van der Waals surface area contributed by atoms with Gasteiger partial charge < -0.3 is 14.6 Å². The lowest BCUT2D eigenvalue weighted by Crippen LogP contribution is -2.32. The zero-order chi connectivity index (χ0) is 35.5. The highest BCUT2D eigenvalue weighted by Gasteiger charge is 2.28. The Labute approximate surface area is 289 Å². The van der Waals surface area contributed by atoms with Gasteiger partial charge in [-0.3, -0.25) is 19.3 Å². The molecule has 5 aromatic rings. The number of hydrogen-bond acceptors (Lipinski definition) is 6. The van der Waals surface area contributed by atoms with Crippen molar-refractivity contribution in [3.05, 3.63) is 123 Å². The van der Waals surface area contributed by atoms with Crippen molar-refractivity contribution in [2.45, 2.75) is 66.3 Å². The van der Waals surface area contributed by atoms with Crippen molar-refractivity contribution in [3.63, 3.8) is 0 Å². The normalized spacial score (nSPS) is 11.8. The molecule has 5 rings (SSSR count). The number of thiophene rings is 1. The van der Waals surface area contributed by atoms with Crippen molar-refractivity contribution < 1.29 is 23.1 Å². The van der Waals surface area contributed by atoms with Crippen molar-refractivity contribution in [2.75, 3.05) is 12.4 Å². The lowest BCUT2D eigenvalue weighted by atomic mass is 9.97. The number of esters is 1. The average molecular weight is 686 g/mol. The Morgan fingerprint density at radius 1 is 0.939 bits per heavy atom. The van der Waals surface area contributed by atoms with E-state index in [9.17, 15) is 14.4 Å². The average Bonchev–Trinajstić information content (AvgIpc) is 3.40. The zero-order valence-electron chi connectivity index (χ0n) is 28.6. The Hall–Kier alpha value is -4.67. The number of halogens is 2. The summed E-state index contributed by atoms with van der Waals surface area (Å²) in [6.07, 6.45) is 1.72. The van der Waals surface area contributed by atoms with Crippen LogP contribution in [0.2, 0.25) is 0 Å². The van der Waals surface area contributed by atoms with E-state index in [4.69, 9.17) is 4.74 Å². The number of rotatable bonds is 12. The lowest BCUT2D eigenvalue weighted by Gasteiger charge is -2.25. The molecule has 0 aliphatic rings. The molecule has 256 valence electrons. The van der Waals surface area contributed by atoms with Crippen LogP contribution in [0.5, 0.6) is 0 Å². The van der Waals surface area contributed by atoms with Gasteiger partial charge in [0.2, 0.25) is 5.91 Å². The van der Waals surface area contributed by atoms with Crippen molar-refractivity contribution in [3.8, 4) is 10.4 Å². The van der Waals surface area contributed by atoms with Gasteiger partial charge in [-0.1, -0.05) is 62.4 Å². The Kier molecular flexibility index (Phi) is 10.8. The molecule has 2 aromatic heterocycles. The fourth-order valence-corrected chi connectivity index (χ4v) is 7.22. The van der Waals surface area contributed by atoms with Crippen molar-refractivity contribution in [1.29, 1.82) is 0 Å². The molecular weight excluding hydrogens is 645 g/mol. The second-order valence-electron chi connectivity index (χ2n) is 13.3. The summed E-state index contributed by atoms with van der Waals surface area (Å²) < 4.78 is 37.3. The number of fused-ring (bicyclic) bond motifs is 1. The molecule has 0 saturated carbocycles. The summed E-state index contributed by atoms with van der Waals surface area (Å²) in [6, 6.07) is 21.2. The maximum absolute atomic E-state index is 15.0. The number of nitrogens with zero attached hydrogens (tertiary/aromatic N) is 2. The molecule has 0 aliphatic carbocycles. The molecule has 0 fully saturated rings. The first-order valence-corrected chi connectivity index (χ1v) is 17.0. The summed E-state index contributed by atoms with van der Waals surface area (Å²) in [5.74, 6) is -2.13. The number of benzene rings is 3. The fraction of sp³-hybridized carbons (Fsp3) is 0.308. The lowest BCUT2D eigenvalue weighted by molar-refractivity contribution is -0.153. The van der Waals surface area contributed by atoms with Gasteiger partial charge in [0.25, 0.3) is 0 Å². The monoisotopic (exact) mass is 685 g/mol. The first kappa shape index (κ1) is 35.6. The van der Waals surface area contributed by atoms with E-state index in [2.05, 4.69) is 10.2 Å². The van der Waals surface area contributed by atoms with Gasteiger partial charge in [0, 0.05) is 60.2 Å². The Morgan fingerprint density at radius 2 is 1.59 bits per heavy atom. The molecule has 0 atom stereocenters. The standard InChI is InChI=1S/C39H41F2N3O4S/c1-24(2)37(47)42-29-17-15-27(16-18-29)36-31(22-43(6)20-26-11-8-7-9-12-26)34-35(46)28(19-39(4,5)48-25(3)45)21-44(38(34)49-36)23-30-32(40)13-10-14-33(30)41/h7-18,21,24H,19-20,22-23H2,1-6H3,(H,42,47). The first-order valence-electron chi connectivity index (χ1n) is 16.2. The minimum absolute atomic E-state index is 0.0931. The van der Waals surface area contributed by atoms with Crippen molar-refractivity contribution in [1.82, 2.24) is 9.47 Å². The maximum Gasteiger partial charge on any atom is 0.303 e. The largest absolute Gasteiger partial charge is 0.459 e. The molecule has 3 aromatic carbocycles. The number of amides is 1. The third-order valence-corrected chi connectivity index (χ3v) is 9.49. The van der Waals surface area contributed by atoms with Crippen LogP contribution in [0.1, 0.15) is 56.9 Å². The molecule has 7 nitrogen and oxygen atoms in total. The first-order chi connectivity index (χ1) is 23.2. The van der Waals surface area contributed by atoms with Crippen LogP contribution in [0, 0.1) is 17.6 Å². The van der Waals surface area contributed by atoms with Gasteiger partial charge in [-0.05, 0) is 61.9 Å². The molecule has 1 N–H and O–H groups in total. The predicted octanol–water partition coefficient (Wildman–Crippen LogP) is 8.17. The summed E-state index contributed by atoms with van der Waals surface area (Å²) >= 11 is 1.38. The minimum Gasteiger partial charge on any atom is -0.459 e. The van der Waals surface area contributed by atoms with Crippen LogP contribution in [0.3, 0.4) is 0 Å². The third kappa shape index (κ3) is 8.50. The summed E-state index contributed by atoms with van der Waals surface area (Å²) in [5, 5.41) is 3.36. The van der Waals surface area contributed by atoms with Gasteiger partial charge in [0.15, 0.2) is 5.43 Å². The van der Waals surface area contributed by atoms with Crippen LogP contribution in [0.4, 0.5) is 14.5 Å². The zero-order valence-corrected chi connectivity index (χ0v) is 29.4. The number of pyridine rings is 1. The topological polar surface area (TPSA) is 80.6 Å². The Morgan fingerprint density at radius 3 is 2.20 bits per heavy atom. The number of ether oxygens (including phenoxy) is 1. The number of anilines is 1. The van der Waals surface area contributed by atoms with Crippen LogP contribution >= 0.6 is 11.3 Å². The minimum atomic E-state index is -1.01. The highest BCUT2D eigenvalue weighted by atomic mass is 32.1. The molecule has 0 spiro atoms. The molecule has 0 saturated heterocycles. The van der Waals surface area contributed by atoms with E-state index in [1.165, 1.54) is 36.5 Å². The molecule has 0 bridgehead atoms. The molecule has 2 heterocycles. The van der Waals surface area contributed by atoms with E-state index in [1.54, 1.807) is 24.6 Å². The number of aromatic nitrogens is 1. The van der Waals surface area contributed by atoms with Crippen LogP contribution in [0.15, 0.2) is 83.8 Å². The number of carbonyl (C=O) groups excluding carboxylic acids is 2. The van der Waals surface area contributed by atoms with Gasteiger partial charge in [-0.25, -0.2) is 8.78 Å². The van der Waals surface area contributed by atoms with Crippen molar-refractivity contribution in [2.24, 2.45) is 5.92 Å². The fourth-order valence-electron chi connectivity index (χ4n) is 5.93. The molecule has 0 radical (unpaired) electrons. The Bertz CT molecular complexity index is 2020. The van der Waals surface area contributed by atoms with E-state index >= 15 is 8.78 Å². The highest BCUT2D eigenvalue weighted by molar-refractivity contribution is 7.22. The van der Waals surface area contributed by atoms with E-state index in [-0.39, 0.29) is 35.8 Å². The van der Waals surface area contributed by atoms with Crippen LogP contribution in [-0.4, -0.2) is 34.0 Å². The second-order valence-corrected chi connectivity index (χ2v) is 14.3. The molecule has 1 amide bonds. The summed E-state index contributed by atoms with van der Waals surface area (Å²) in [4.78, 5) is 42.3. The van der Waals surface area contributed by atoms with Crippen LogP contribution < -0.4 is 10.7 Å². The quantitative estimate of drug-likeness (QED) is 0.134. The van der Waals surface area contributed by atoms with Crippen LogP contribution in [0.25, 0.3) is 20.7 Å². The van der Waals surface area contributed by atoms with Gasteiger partial charge in [0.05, 0.1) is 11.9 Å². The third-order valence-electron chi connectivity index (χ3n) is 8.17. The number of nitrogens with one attached hydrogen (secondary N) is 1. The van der Waals surface area contributed by atoms with Crippen molar-refractivity contribution >= 4 is 39.1 Å². The smallest absolute Gasteiger partial charge is 0.303 e. The van der Waals surface area contributed by atoms with Gasteiger partial charge >= 0.3 is 5.97 Å². The van der Waals surface area contributed by atoms with E-state index in [1.807, 2.05) is 75.5 Å². The second kappa shape index (κ2) is 14.8.